The number of fused-ring (bicyclic) bond motifs is 1. The molecule has 0 aliphatic heterocycles. The molecular formula is C28H33F5N2O4S. The minimum atomic E-state index is -5.32. The predicted octanol–water partition coefficient (Wildman–Crippen LogP) is 5.21. The molecule has 220 valence electrons. The van der Waals surface area contributed by atoms with Crippen molar-refractivity contribution in [3.63, 3.8) is 0 Å². The van der Waals surface area contributed by atoms with E-state index in [-0.39, 0.29) is 34.5 Å². The van der Waals surface area contributed by atoms with E-state index in [0.29, 0.717) is 31.2 Å². The smallest absolute Gasteiger partial charge is 0.345 e. The highest BCUT2D eigenvalue weighted by atomic mass is 32.2. The van der Waals surface area contributed by atoms with Gasteiger partial charge in [-0.25, -0.2) is 22.0 Å². The van der Waals surface area contributed by atoms with Gasteiger partial charge in [0.05, 0.1) is 12.3 Å². The van der Waals surface area contributed by atoms with Crippen molar-refractivity contribution in [1.82, 2.24) is 9.79 Å². The van der Waals surface area contributed by atoms with Gasteiger partial charge >= 0.3 is 12.1 Å². The Morgan fingerprint density at radius 2 is 1.77 bits per heavy atom. The Hall–Kier alpha value is -2.57. The van der Waals surface area contributed by atoms with Crippen molar-refractivity contribution in [3.05, 3.63) is 70.3 Å². The van der Waals surface area contributed by atoms with Gasteiger partial charge in [0.2, 0.25) is 10.0 Å². The maximum Gasteiger partial charge on any atom is 0.492 e. The Bertz CT molecular complexity index is 1310. The van der Waals surface area contributed by atoms with Gasteiger partial charge < -0.3 is 10.2 Å². The Morgan fingerprint density at radius 1 is 1.05 bits per heavy atom. The number of carbonyl (C=O) groups is 1. The van der Waals surface area contributed by atoms with Crippen LogP contribution >= 0.6 is 0 Å². The topological polar surface area (TPSA) is 75.7 Å². The number of aryl methyl sites for hydroxylation is 2. The summed E-state index contributed by atoms with van der Waals surface area (Å²) >= 11 is 0. The van der Waals surface area contributed by atoms with E-state index < -0.39 is 40.3 Å². The lowest BCUT2D eigenvalue weighted by molar-refractivity contribution is -0.222. The molecule has 2 aliphatic rings. The number of rotatable bonds is 12. The predicted molar refractivity (Wildman–Crippen MR) is 139 cm³/mol. The standard InChI is InChI=1S/C28H33F5N2O4S/c1-2-34-26-12-10-21-9-7-18(14-22(21)23(26)15-20-8-11-24(29)25(30)16-20)4-3-13-35(39-27(36)28(31,32)33)40(37,38)17-19-5-6-19/h7-9,11,14,16,19,23,26,34H,2-6,10,12-13,15,17H2,1H3. The van der Waals surface area contributed by atoms with Crippen molar-refractivity contribution < 1.29 is 40.0 Å². The zero-order valence-corrected chi connectivity index (χ0v) is 23.0. The van der Waals surface area contributed by atoms with Crippen molar-refractivity contribution >= 4 is 16.0 Å². The van der Waals surface area contributed by atoms with Crippen LogP contribution in [0.2, 0.25) is 0 Å². The first-order valence-corrected chi connectivity index (χ1v) is 15.1. The van der Waals surface area contributed by atoms with Crippen molar-refractivity contribution in [2.24, 2.45) is 5.92 Å². The lowest BCUT2D eigenvalue weighted by Crippen LogP contribution is -2.40. The quantitative estimate of drug-likeness (QED) is 0.272. The Balaban J connectivity index is 1.50. The summed E-state index contributed by atoms with van der Waals surface area (Å²) in [6.45, 7) is 2.32. The highest BCUT2D eigenvalue weighted by Crippen LogP contribution is 2.36. The number of benzene rings is 2. The average Bonchev–Trinajstić information content (AvgIpc) is 3.69. The van der Waals surface area contributed by atoms with Gasteiger partial charge in [-0.3, -0.25) is 0 Å². The van der Waals surface area contributed by atoms with E-state index in [1.165, 1.54) is 6.07 Å². The first-order valence-electron chi connectivity index (χ1n) is 13.5. The Kier molecular flexibility index (Phi) is 9.51. The van der Waals surface area contributed by atoms with Gasteiger partial charge in [-0.15, -0.1) is 0 Å². The third-order valence-electron chi connectivity index (χ3n) is 7.40. The van der Waals surface area contributed by atoms with Crippen LogP contribution in [-0.4, -0.2) is 49.9 Å². The number of hydroxylamine groups is 1. The second-order valence-corrected chi connectivity index (χ2v) is 12.4. The molecule has 1 saturated carbocycles. The highest BCUT2D eigenvalue weighted by molar-refractivity contribution is 7.88. The molecule has 2 aromatic carbocycles. The number of sulfonamides is 1. The van der Waals surface area contributed by atoms with E-state index in [1.807, 2.05) is 25.1 Å². The van der Waals surface area contributed by atoms with Gasteiger partial charge in [-0.05, 0) is 96.3 Å². The minimum absolute atomic E-state index is 0.0309. The number of nitrogens with one attached hydrogen (secondary N) is 1. The molecule has 4 rings (SSSR count). The van der Waals surface area contributed by atoms with Crippen LogP contribution in [0.1, 0.15) is 60.8 Å². The summed E-state index contributed by atoms with van der Waals surface area (Å²) in [4.78, 5) is 15.7. The molecular weight excluding hydrogens is 555 g/mol. The zero-order chi connectivity index (χ0) is 29.1. The fraction of sp³-hybridized carbons (Fsp3) is 0.536. The van der Waals surface area contributed by atoms with Gasteiger partial charge in [0.25, 0.3) is 0 Å². The van der Waals surface area contributed by atoms with Crippen LogP contribution in [0.3, 0.4) is 0 Å². The molecule has 2 aliphatic carbocycles. The van der Waals surface area contributed by atoms with Gasteiger partial charge in [0.15, 0.2) is 11.6 Å². The summed E-state index contributed by atoms with van der Waals surface area (Å²) in [6, 6.07) is 9.86. The largest absolute Gasteiger partial charge is 0.492 e. The molecule has 2 aromatic rings. The van der Waals surface area contributed by atoms with Crippen molar-refractivity contribution in [1.29, 1.82) is 0 Å². The number of halogens is 5. The first-order chi connectivity index (χ1) is 18.9. The molecule has 1 fully saturated rings. The van der Waals surface area contributed by atoms with Crippen LogP contribution in [0.25, 0.3) is 0 Å². The summed E-state index contributed by atoms with van der Waals surface area (Å²) in [5.74, 6) is -4.93. The monoisotopic (exact) mass is 588 g/mol. The van der Waals surface area contributed by atoms with Crippen molar-refractivity contribution in [2.45, 2.75) is 70.0 Å². The number of carbonyl (C=O) groups excluding carboxylic acids is 1. The molecule has 0 aromatic heterocycles. The summed E-state index contributed by atoms with van der Waals surface area (Å²) in [6.07, 6.45) is -1.38. The van der Waals surface area contributed by atoms with E-state index in [1.54, 1.807) is 6.07 Å². The fourth-order valence-corrected chi connectivity index (χ4v) is 6.93. The maximum absolute atomic E-state index is 13.9. The second-order valence-electron chi connectivity index (χ2n) is 10.5. The van der Waals surface area contributed by atoms with Crippen LogP contribution in [0.5, 0.6) is 0 Å². The molecule has 2 unspecified atom stereocenters. The maximum atomic E-state index is 13.9. The van der Waals surface area contributed by atoms with Crippen LogP contribution < -0.4 is 5.32 Å². The lowest BCUT2D eigenvalue weighted by Gasteiger charge is -2.35. The third-order valence-corrected chi connectivity index (χ3v) is 9.17. The van der Waals surface area contributed by atoms with Crippen LogP contribution in [0.4, 0.5) is 22.0 Å². The number of hydrogen-bond acceptors (Lipinski definition) is 5. The highest BCUT2D eigenvalue weighted by Gasteiger charge is 2.45. The summed E-state index contributed by atoms with van der Waals surface area (Å²) < 4.78 is 91.3. The Morgan fingerprint density at radius 3 is 2.42 bits per heavy atom. The van der Waals surface area contributed by atoms with E-state index in [9.17, 15) is 35.2 Å². The van der Waals surface area contributed by atoms with Gasteiger partial charge in [-0.2, -0.15) is 13.2 Å². The molecule has 0 amide bonds. The molecule has 12 heteroatoms. The summed E-state index contributed by atoms with van der Waals surface area (Å²) in [7, 11) is -4.22. The fourth-order valence-electron chi connectivity index (χ4n) is 5.24. The molecule has 6 nitrogen and oxygen atoms in total. The molecule has 0 bridgehead atoms. The molecule has 0 heterocycles. The number of likely N-dealkylation sites (N-methyl/N-ethyl adjacent to an activating group) is 1. The third kappa shape index (κ3) is 7.79. The number of hydrogen-bond donors (Lipinski definition) is 1. The van der Waals surface area contributed by atoms with Crippen LogP contribution in [0, 0.1) is 17.6 Å². The minimum Gasteiger partial charge on any atom is -0.345 e. The second kappa shape index (κ2) is 12.5. The van der Waals surface area contributed by atoms with E-state index >= 15 is 0 Å². The average molecular weight is 589 g/mol. The molecule has 1 N–H and O–H groups in total. The molecule has 2 atom stereocenters. The summed E-state index contributed by atoms with van der Waals surface area (Å²) in [5, 5.41) is 3.49. The molecule has 0 saturated heterocycles. The normalized spacial score (nSPS) is 19.5. The number of nitrogens with zero attached hydrogens (tertiary/aromatic N) is 1. The SMILES string of the molecule is CCNC1CCc2ccc(CCCN(OC(=O)C(F)(F)F)S(=O)(=O)CC3CC3)cc2C1Cc1ccc(F)c(F)c1. The van der Waals surface area contributed by atoms with Gasteiger partial charge in [0.1, 0.15) is 0 Å². The van der Waals surface area contributed by atoms with E-state index in [4.69, 9.17) is 0 Å². The first kappa shape index (κ1) is 30.4. The zero-order valence-electron chi connectivity index (χ0n) is 22.1. The van der Waals surface area contributed by atoms with E-state index in [2.05, 4.69) is 10.2 Å². The molecule has 0 radical (unpaired) electrons. The van der Waals surface area contributed by atoms with Crippen LogP contribution in [-0.2, 0) is 38.9 Å². The Labute approximate surface area is 230 Å². The van der Waals surface area contributed by atoms with Crippen molar-refractivity contribution in [3.8, 4) is 0 Å². The van der Waals surface area contributed by atoms with E-state index in [0.717, 1.165) is 42.1 Å². The van der Waals surface area contributed by atoms with Gasteiger partial charge in [-0.1, -0.05) is 31.2 Å². The molecule has 40 heavy (non-hydrogen) atoms. The van der Waals surface area contributed by atoms with Crippen molar-refractivity contribution in [2.75, 3.05) is 18.8 Å². The van der Waals surface area contributed by atoms with Crippen LogP contribution in [0.15, 0.2) is 36.4 Å². The summed E-state index contributed by atoms with van der Waals surface area (Å²) in [5.41, 5.74) is 3.67. The van der Waals surface area contributed by atoms with Gasteiger partial charge in [0, 0.05) is 12.0 Å². The number of alkyl halides is 3. The lowest BCUT2D eigenvalue weighted by atomic mass is 9.75. The molecule has 0 spiro atoms.